The van der Waals surface area contributed by atoms with E-state index in [9.17, 15) is 30.6 Å². The molecule has 3 unspecified atom stereocenters. The molecule has 134 heavy (non-hydrogen) atoms. The summed E-state index contributed by atoms with van der Waals surface area (Å²) in [5, 5.41) is 82.2. The molecule has 3 aromatic heterocycles. The zero-order chi connectivity index (χ0) is 93.8. The second-order valence-corrected chi connectivity index (χ2v) is 35.1. The summed E-state index contributed by atoms with van der Waals surface area (Å²) in [7, 11) is 0. The van der Waals surface area contributed by atoms with Gasteiger partial charge in [-0.25, -0.2) is 15.0 Å². The zero-order valence-corrected chi connectivity index (χ0v) is 79.2. The van der Waals surface area contributed by atoms with Crippen molar-refractivity contribution in [2.75, 3.05) is 39.6 Å². The van der Waals surface area contributed by atoms with Gasteiger partial charge in [-0.2, -0.15) is 29.9 Å². The summed E-state index contributed by atoms with van der Waals surface area (Å²) in [6.45, 7) is 22.5. The quantitative estimate of drug-likeness (QED) is 0.0117. The fourth-order valence-electron chi connectivity index (χ4n) is 17.5. The van der Waals surface area contributed by atoms with Crippen molar-refractivity contribution in [2.24, 2.45) is 17.8 Å². The van der Waals surface area contributed by atoms with Crippen molar-refractivity contribution in [3.63, 3.8) is 0 Å². The molecule has 0 radical (unpaired) electrons. The van der Waals surface area contributed by atoms with Crippen LogP contribution in [0.2, 0.25) is 0 Å². The molecule has 0 aliphatic rings. The van der Waals surface area contributed by atoms with Crippen LogP contribution < -0.4 is 28.4 Å². The number of phenolic OH excluding ortho intramolecular Hbond substituents is 6. The number of aromatic hydroxyl groups is 6. The summed E-state index contributed by atoms with van der Waals surface area (Å²) in [6.07, 6.45) is 25.7. The second kappa shape index (κ2) is 47.8. The molecule has 16 aromatic rings. The highest BCUT2D eigenvalue weighted by molar-refractivity contribution is 6.25. The number of unbranched alkanes of at least 4 members (excludes halogenated alkanes) is 12. The van der Waals surface area contributed by atoms with Gasteiger partial charge < -0.3 is 59.1 Å². The van der Waals surface area contributed by atoms with Crippen molar-refractivity contribution in [3.8, 4) is 138 Å². The first kappa shape index (κ1) is 96.6. The maximum atomic E-state index is 11.2. The lowest BCUT2D eigenvalue weighted by Crippen LogP contribution is -2.11. The van der Waals surface area contributed by atoms with E-state index < -0.39 is 0 Å². The molecule has 6 N–H and O–H groups in total. The van der Waals surface area contributed by atoms with Gasteiger partial charge in [0.1, 0.15) is 68.4 Å². The fraction of sp³-hybridized carbons (Fsp3) is 0.372. The van der Waals surface area contributed by atoms with Crippen LogP contribution in [0.15, 0.2) is 200 Å². The van der Waals surface area contributed by atoms with Crippen LogP contribution >= 0.6 is 0 Å². The number of benzene rings is 13. The standard InChI is InChI=1S/C39H43N3O4.2C37H43N3O4/c1-4-7-9-10-21-45-39-41-37(31-20-18-28-16-15-26-13-11-14-27-17-19-30(31)35(28)34(26)27)40-38(42-39)36-32(43)22-29(23-33(36)44)46-24-25(6-3)12-8-5-2;1-4-7-9-14-20-43-37-39-35(33-29-18-12-10-16-26(29)21-27-17-11-13-19-30(27)33)38-36(40-37)34-31(41)22-28(23-32(34)42)44-24-25(6-3)15-8-5-2;1-4-7-9-14-20-43-37-39-35(31-21-26-16-10-11-17-28(26)29-18-12-13-19-30(29)31)38-36(40-37)34-32(41)22-27(23-33(34)42)44-24-25(6-3)15-8-5-2/h11,13-20,22-23,25,43-44H,4-10,12,21,24H2,1-3H3;2*10-13,16-19,21-23,25,41-42H,4-9,14-15,20,24H2,1-3H3. The van der Waals surface area contributed by atoms with Gasteiger partial charge in [0.2, 0.25) is 0 Å². The Hall–Kier alpha value is -13.4. The zero-order valence-electron chi connectivity index (χ0n) is 79.2. The second-order valence-electron chi connectivity index (χ2n) is 35.1. The number of ether oxygens (including phenoxy) is 6. The third kappa shape index (κ3) is 24.0. The van der Waals surface area contributed by atoms with Crippen LogP contribution in [-0.4, -0.2) is 115 Å². The molecule has 21 heteroatoms. The predicted molar refractivity (Wildman–Crippen MR) is 541 cm³/mol. The molecule has 0 fully saturated rings. The van der Waals surface area contributed by atoms with Gasteiger partial charge >= 0.3 is 18.0 Å². The summed E-state index contributed by atoms with van der Waals surface area (Å²) in [4.78, 5) is 42.4. The summed E-state index contributed by atoms with van der Waals surface area (Å²) < 4.78 is 36.2. The van der Waals surface area contributed by atoms with Crippen LogP contribution in [0.1, 0.15) is 216 Å². The van der Waals surface area contributed by atoms with E-state index in [1.807, 2.05) is 54.6 Å². The number of rotatable bonds is 45. The summed E-state index contributed by atoms with van der Waals surface area (Å²) in [5.41, 5.74) is 2.81. The number of hydrogen-bond donors (Lipinski definition) is 6. The molecule has 0 amide bonds. The minimum absolute atomic E-state index is 0.111. The van der Waals surface area contributed by atoms with E-state index >= 15 is 0 Å². The smallest absolute Gasteiger partial charge is 0.320 e. The van der Waals surface area contributed by atoms with Gasteiger partial charge in [-0.15, -0.1) is 0 Å². The topological polar surface area (TPSA) is 293 Å². The molecule has 0 bridgehead atoms. The molecule has 698 valence electrons. The van der Waals surface area contributed by atoms with Crippen molar-refractivity contribution in [2.45, 2.75) is 216 Å². The van der Waals surface area contributed by atoms with Crippen molar-refractivity contribution in [1.82, 2.24) is 44.9 Å². The summed E-state index contributed by atoms with van der Waals surface area (Å²) in [6, 6.07) is 65.4. The van der Waals surface area contributed by atoms with E-state index in [1.165, 1.54) is 52.6 Å². The van der Waals surface area contributed by atoms with Gasteiger partial charge in [0.05, 0.1) is 39.6 Å². The van der Waals surface area contributed by atoms with E-state index in [1.54, 1.807) is 0 Å². The number of aromatic nitrogens is 9. The molecular weight excluding hydrogens is 1680 g/mol. The molecular formula is C113H129N9O12. The van der Waals surface area contributed by atoms with Crippen LogP contribution in [-0.2, 0) is 0 Å². The average molecular weight is 1810 g/mol. The first-order chi connectivity index (χ1) is 65.5. The van der Waals surface area contributed by atoms with Crippen molar-refractivity contribution in [3.05, 3.63) is 200 Å². The monoisotopic (exact) mass is 1800 g/mol. The maximum absolute atomic E-state index is 11.2. The molecule has 13 aromatic carbocycles. The van der Waals surface area contributed by atoms with Crippen molar-refractivity contribution >= 4 is 75.4 Å². The number of hydrogen-bond acceptors (Lipinski definition) is 21. The van der Waals surface area contributed by atoms with Gasteiger partial charge in [-0.3, -0.25) is 0 Å². The SMILES string of the molecule is CCCCCCOc1nc(-c2c(O)cc(OCC(CC)CCCC)cc2O)nc(-c2c3ccccc3cc3ccccc23)n1.CCCCCCOc1nc(-c2c(O)cc(OCC(CC)CCCC)cc2O)nc(-c2cc3ccccc3c3ccccc23)n1.CCCCCCOc1nc(-c2c(O)cc(OCC(CC)CCCC)cc2O)nc(-c2ccc3ccc4cccc5ccc2c3c45)n1. The minimum Gasteiger partial charge on any atom is -0.507 e. The molecule has 21 nitrogen and oxygen atoms in total. The molecule has 0 spiro atoms. The highest BCUT2D eigenvalue weighted by atomic mass is 16.5. The fourth-order valence-corrected chi connectivity index (χ4v) is 17.5. The Bertz CT molecular complexity index is 6430. The molecule has 0 saturated carbocycles. The van der Waals surface area contributed by atoms with Crippen molar-refractivity contribution < 1.29 is 59.1 Å². The van der Waals surface area contributed by atoms with Gasteiger partial charge in [0.15, 0.2) is 34.9 Å². The molecule has 0 aliphatic heterocycles. The largest absolute Gasteiger partial charge is 0.507 e. The third-order valence-electron chi connectivity index (χ3n) is 25.3. The van der Waals surface area contributed by atoms with Crippen LogP contribution in [0, 0.1) is 17.8 Å². The van der Waals surface area contributed by atoms with E-state index in [2.05, 4.69) is 186 Å². The average Bonchev–Trinajstić information content (AvgIpc) is 0.732. The normalized spacial score (nSPS) is 12.2. The van der Waals surface area contributed by atoms with Crippen LogP contribution in [0.25, 0.3) is 144 Å². The van der Waals surface area contributed by atoms with Crippen LogP contribution in [0.4, 0.5) is 0 Å². The third-order valence-corrected chi connectivity index (χ3v) is 25.3. The highest BCUT2D eigenvalue weighted by Gasteiger charge is 2.28. The highest BCUT2D eigenvalue weighted by Crippen LogP contribution is 2.47. The molecule has 0 aliphatic carbocycles. The van der Waals surface area contributed by atoms with E-state index in [4.69, 9.17) is 58.3 Å². The van der Waals surface area contributed by atoms with Gasteiger partial charge in [0.25, 0.3) is 0 Å². The first-order valence-electron chi connectivity index (χ1n) is 48.8. The Morgan fingerprint density at radius 1 is 0.231 bits per heavy atom. The lowest BCUT2D eigenvalue weighted by molar-refractivity contribution is 0.232. The Morgan fingerprint density at radius 2 is 0.545 bits per heavy atom. The van der Waals surface area contributed by atoms with Crippen LogP contribution in [0.5, 0.6) is 69.8 Å². The van der Waals surface area contributed by atoms with E-state index in [-0.39, 0.29) is 86.7 Å². The number of phenols is 6. The van der Waals surface area contributed by atoms with E-state index in [0.717, 1.165) is 230 Å². The molecule has 0 saturated heterocycles. The maximum Gasteiger partial charge on any atom is 0.320 e. The van der Waals surface area contributed by atoms with Gasteiger partial charge in [-0.1, -0.05) is 323 Å². The number of nitrogens with zero attached hydrogens (tertiary/aromatic N) is 9. The lowest BCUT2D eigenvalue weighted by atomic mass is 9.92. The molecule has 3 heterocycles. The lowest BCUT2D eigenvalue weighted by Gasteiger charge is -2.17. The first-order valence-corrected chi connectivity index (χ1v) is 48.8. The Kier molecular flexibility index (Phi) is 34.5. The summed E-state index contributed by atoms with van der Waals surface area (Å²) in [5.74, 6) is 3.06. The van der Waals surface area contributed by atoms with Gasteiger partial charge in [-0.05, 0) is 150 Å². The molecule has 16 rings (SSSR count). The molecule has 3 atom stereocenters. The van der Waals surface area contributed by atoms with Crippen molar-refractivity contribution in [1.29, 1.82) is 0 Å². The Morgan fingerprint density at radius 3 is 0.940 bits per heavy atom. The minimum atomic E-state index is -0.171. The Balaban J connectivity index is 0.000000161. The number of fused-ring (bicyclic) bond motifs is 5. The predicted octanol–water partition coefficient (Wildman–Crippen LogP) is 29.0. The Labute approximate surface area is 786 Å². The van der Waals surface area contributed by atoms with Gasteiger partial charge in [0, 0.05) is 53.1 Å². The van der Waals surface area contributed by atoms with Crippen LogP contribution in [0.3, 0.4) is 0 Å². The summed E-state index contributed by atoms with van der Waals surface area (Å²) >= 11 is 0. The van der Waals surface area contributed by atoms with E-state index in [0.29, 0.717) is 92.1 Å².